The van der Waals surface area contributed by atoms with E-state index in [0.29, 0.717) is 16.9 Å². The van der Waals surface area contributed by atoms with Crippen molar-refractivity contribution in [2.75, 3.05) is 0 Å². The number of hydrogen-bond acceptors (Lipinski definition) is 1. The number of rotatable bonds is 2. The highest BCUT2D eigenvalue weighted by atomic mass is 35.5. The van der Waals surface area contributed by atoms with Crippen LogP contribution in [0.25, 0.3) is 11.0 Å². The largest absolute Gasteiger partial charge is 0.323 e. The van der Waals surface area contributed by atoms with Gasteiger partial charge in [-0.15, -0.1) is 11.6 Å². The summed E-state index contributed by atoms with van der Waals surface area (Å²) in [5.74, 6) is 1.34. The SMILES string of the molecule is ClCc1nc2cc(Cl)ccc2n1C1Cc2ccccc2C1. The summed E-state index contributed by atoms with van der Waals surface area (Å²) >= 11 is 12.2. The van der Waals surface area contributed by atoms with E-state index in [1.807, 2.05) is 18.2 Å². The third-order valence-corrected chi connectivity index (χ3v) is 4.71. The zero-order valence-corrected chi connectivity index (χ0v) is 12.9. The van der Waals surface area contributed by atoms with Gasteiger partial charge in [-0.2, -0.15) is 0 Å². The molecule has 0 atom stereocenters. The average molecular weight is 317 g/mol. The molecule has 0 saturated carbocycles. The number of halogens is 2. The molecule has 4 rings (SSSR count). The highest BCUT2D eigenvalue weighted by Crippen LogP contribution is 2.34. The lowest BCUT2D eigenvalue weighted by Crippen LogP contribution is -2.11. The van der Waals surface area contributed by atoms with Crippen molar-refractivity contribution in [2.45, 2.75) is 24.8 Å². The number of nitrogens with zero attached hydrogens (tertiary/aromatic N) is 2. The number of benzene rings is 2. The summed E-state index contributed by atoms with van der Waals surface area (Å²) in [6.07, 6.45) is 2.07. The van der Waals surface area contributed by atoms with Crippen LogP contribution in [0.15, 0.2) is 42.5 Å². The molecule has 0 aliphatic heterocycles. The predicted molar refractivity (Wildman–Crippen MR) is 87.2 cm³/mol. The van der Waals surface area contributed by atoms with E-state index >= 15 is 0 Å². The lowest BCUT2D eigenvalue weighted by Gasteiger charge is -2.15. The molecule has 0 unspecified atom stereocenters. The van der Waals surface area contributed by atoms with E-state index in [4.69, 9.17) is 23.2 Å². The second kappa shape index (κ2) is 5.04. The zero-order chi connectivity index (χ0) is 14.4. The van der Waals surface area contributed by atoms with Crippen LogP contribution in [0.2, 0.25) is 5.02 Å². The normalized spacial score (nSPS) is 14.8. The molecule has 4 heteroatoms. The molecule has 1 aromatic heterocycles. The van der Waals surface area contributed by atoms with Gasteiger partial charge in [0.1, 0.15) is 5.82 Å². The number of hydrogen-bond donors (Lipinski definition) is 0. The summed E-state index contributed by atoms with van der Waals surface area (Å²) in [4.78, 5) is 4.65. The Hall–Kier alpha value is -1.51. The van der Waals surface area contributed by atoms with Gasteiger partial charge in [-0.1, -0.05) is 35.9 Å². The van der Waals surface area contributed by atoms with Gasteiger partial charge in [-0.3, -0.25) is 0 Å². The van der Waals surface area contributed by atoms with E-state index < -0.39 is 0 Å². The van der Waals surface area contributed by atoms with Gasteiger partial charge in [0.05, 0.1) is 16.9 Å². The highest BCUT2D eigenvalue weighted by Gasteiger charge is 2.26. The van der Waals surface area contributed by atoms with Gasteiger partial charge < -0.3 is 4.57 Å². The van der Waals surface area contributed by atoms with Crippen LogP contribution in [0.3, 0.4) is 0 Å². The molecular weight excluding hydrogens is 303 g/mol. The molecule has 0 saturated heterocycles. The summed E-state index contributed by atoms with van der Waals surface area (Å²) in [6, 6.07) is 14.9. The third-order valence-electron chi connectivity index (χ3n) is 4.24. The maximum Gasteiger partial charge on any atom is 0.125 e. The Bertz CT molecular complexity index is 798. The quantitative estimate of drug-likeness (QED) is 0.623. The van der Waals surface area contributed by atoms with Gasteiger partial charge in [-0.25, -0.2) is 4.98 Å². The van der Waals surface area contributed by atoms with Crippen molar-refractivity contribution in [1.82, 2.24) is 9.55 Å². The fourth-order valence-electron chi connectivity index (χ4n) is 3.34. The maximum absolute atomic E-state index is 6.12. The van der Waals surface area contributed by atoms with Gasteiger partial charge in [0, 0.05) is 11.1 Å². The molecule has 0 spiro atoms. The first kappa shape index (κ1) is 13.2. The Morgan fingerprint density at radius 3 is 2.48 bits per heavy atom. The van der Waals surface area contributed by atoms with Crippen molar-refractivity contribution in [3.05, 3.63) is 64.4 Å². The zero-order valence-electron chi connectivity index (χ0n) is 11.4. The topological polar surface area (TPSA) is 17.8 Å². The third kappa shape index (κ3) is 2.14. The summed E-state index contributed by atoms with van der Waals surface area (Å²) in [5, 5.41) is 0.711. The van der Waals surface area contributed by atoms with Gasteiger partial charge in [0.15, 0.2) is 0 Å². The van der Waals surface area contributed by atoms with Crippen molar-refractivity contribution in [3.63, 3.8) is 0 Å². The summed E-state index contributed by atoms with van der Waals surface area (Å²) in [6.45, 7) is 0. The monoisotopic (exact) mass is 316 g/mol. The second-order valence-electron chi connectivity index (χ2n) is 5.50. The van der Waals surface area contributed by atoms with Crippen molar-refractivity contribution < 1.29 is 0 Å². The van der Waals surface area contributed by atoms with Gasteiger partial charge in [-0.05, 0) is 42.2 Å². The molecular formula is C17H14Cl2N2. The number of fused-ring (bicyclic) bond motifs is 2. The van der Waals surface area contributed by atoms with E-state index in [-0.39, 0.29) is 0 Å². The van der Waals surface area contributed by atoms with Crippen molar-refractivity contribution in [3.8, 4) is 0 Å². The summed E-state index contributed by atoms with van der Waals surface area (Å²) in [7, 11) is 0. The minimum Gasteiger partial charge on any atom is -0.323 e. The Balaban J connectivity index is 1.84. The minimum absolute atomic E-state index is 0.391. The Morgan fingerprint density at radius 1 is 1.10 bits per heavy atom. The van der Waals surface area contributed by atoms with Crippen LogP contribution >= 0.6 is 23.2 Å². The Labute approximate surface area is 133 Å². The number of alkyl halides is 1. The Kier molecular flexibility index (Phi) is 3.16. The first-order chi connectivity index (χ1) is 10.3. The standard InChI is InChI=1S/C17H14Cl2N2/c18-10-17-20-15-9-13(19)5-6-16(15)21(17)14-7-11-3-1-2-4-12(11)8-14/h1-6,9,14H,7-8,10H2. The molecule has 2 nitrogen and oxygen atoms in total. The number of imidazole rings is 1. The van der Waals surface area contributed by atoms with Gasteiger partial charge in [0.2, 0.25) is 0 Å². The average Bonchev–Trinajstić information content (AvgIpc) is 3.06. The number of aromatic nitrogens is 2. The molecule has 3 aromatic rings. The fraction of sp³-hybridized carbons (Fsp3) is 0.235. The molecule has 0 N–H and O–H groups in total. The van der Waals surface area contributed by atoms with Crippen LogP contribution in [0.1, 0.15) is 23.0 Å². The van der Waals surface area contributed by atoms with Crippen LogP contribution in [-0.4, -0.2) is 9.55 Å². The fourth-order valence-corrected chi connectivity index (χ4v) is 3.70. The van der Waals surface area contributed by atoms with Crippen LogP contribution in [0.5, 0.6) is 0 Å². The first-order valence-electron chi connectivity index (χ1n) is 7.05. The van der Waals surface area contributed by atoms with Crippen LogP contribution in [0, 0.1) is 0 Å². The van der Waals surface area contributed by atoms with E-state index in [2.05, 4.69) is 33.8 Å². The molecule has 1 aliphatic carbocycles. The minimum atomic E-state index is 0.391. The Morgan fingerprint density at radius 2 is 1.81 bits per heavy atom. The molecule has 0 fully saturated rings. The summed E-state index contributed by atoms with van der Waals surface area (Å²) < 4.78 is 2.29. The van der Waals surface area contributed by atoms with E-state index in [1.54, 1.807) is 0 Å². The van der Waals surface area contributed by atoms with Crippen LogP contribution in [0.4, 0.5) is 0 Å². The second-order valence-corrected chi connectivity index (χ2v) is 6.20. The lowest BCUT2D eigenvalue weighted by atomic mass is 10.1. The lowest BCUT2D eigenvalue weighted by molar-refractivity contribution is 0.528. The van der Waals surface area contributed by atoms with E-state index in [0.717, 1.165) is 29.7 Å². The van der Waals surface area contributed by atoms with E-state index in [1.165, 1.54) is 11.1 Å². The predicted octanol–water partition coefficient (Wildman–Crippen LogP) is 4.77. The first-order valence-corrected chi connectivity index (χ1v) is 7.96. The molecule has 0 bridgehead atoms. The van der Waals surface area contributed by atoms with E-state index in [9.17, 15) is 0 Å². The molecule has 1 aliphatic rings. The smallest absolute Gasteiger partial charge is 0.125 e. The molecule has 0 radical (unpaired) electrons. The van der Waals surface area contributed by atoms with Crippen LogP contribution in [-0.2, 0) is 18.7 Å². The molecule has 2 aromatic carbocycles. The summed E-state index contributed by atoms with van der Waals surface area (Å²) in [5.41, 5.74) is 4.90. The van der Waals surface area contributed by atoms with Gasteiger partial charge >= 0.3 is 0 Å². The van der Waals surface area contributed by atoms with Crippen molar-refractivity contribution in [1.29, 1.82) is 0 Å². The highest BCUT2D eigenvalue weighted by molar-refractivity contribution is 6.31. The molecule has 21 heavy (non-hydrogen) atoms. The van der Waals surface area contributed by atoms with Crippen molar-refractivity contribution in [2.24, 2.45) is 0 Å². The maximum atomic E-state index is 6.12. The molecule has 0 amide bonds. The van der Waals surface area contributed by atoms with Gasteiger partial charge in [0.25, 0.3) is 0 Å². The molecule has 1 heterocycles. The van der Waals surface area contributed by atoms with Crippen LogP contribution < -0.4 is 0 Å². The van der Waals surface area contributed by atoms with Crippen molar-refractivity contribution >= 4 is 34.2 Å². The molecule has 106 valence electrons.